The molecule has 0 rings (SSSR count). The Kier molecular flexibility index (Phi) is 4.11. The van der Waals surface area contributed by atoms with Crippen LogP contribution in [0, 0.1) is 0 Å². The molecule has 0 bridgehead atoms. The monoisotopic (exact) mass is 164 g/mol. The summed E-state index contributed by atoms with van der Waals surface area (Å²) in [4.78, 5) is 0. The smallest absolute Gasteiger partial charge is 0.165 e. The predicted octanol–water partition coefficient (Wildman–Crippen LogP) is -0.667. The van der Waals surface area contributed by atoms with Crippen molar-refractivity contribution in [2.75, 3.05) is 21.3 Å². The number of hydrogen-bond acceptors (Lipinski definition) is 3. The van der Waals surface area contributed by atoms with Crippen LogP contribution in [0.3, 0.4) is 0 Å². The van der Waals surface area contributed by atoms with Crippen molar-refractivity contribution in [3.05, 3.63) is 0 Å². The van der Waals surface area contributed by atoms with Gasteiger partial charge in [-0.15, -0.1) is 0 Å². The van der Waals surface area contributed by atoms with E-state index in [-0.39, 0.29) is 6.10 Å². The topological polar surface area (TPSA) is 27.7 Å². The zero-order valence-electron chi connectivity index (χ0n) is 7.30. The zero-order valence-corrected chi connectivity index (χ0v) is 9.30. The van der Waals surface area contributed by atoms with Crippen molar-refractivity contribution in [2.24, 2.45) is 0 Å². The molecule has 0 aromatic heterocycles. The van der Waals surface area contributed by atoms with Gasteiger partial charge in [-0.1, -0.05) is 0 Å². The van der Waals surface area contributed by atoms with E-state index in [1.165, 1.54) is 0 Å². The number of hydrogen-bond donors (Lipinski definition) is 0. The summed E-state index contributed by atoms with van der Waals surface area (Å²) >= 11 is 0. The maximum Gasteiger partial charge on any atom is 0.165 e. The molecule has 0 heterocycles. The number of rotatable bonds is 4. The lowest BCUT2D eigenvalue weighted by molar-refractivity contribution is -0.202. The van der Waals surface area contributed by atoms with Crippen molar-refractivity contribution in [2.45, 2.75) is 18.4 Å². The molecule has 0 N–H and O–H groups in total. The molecule has 1 atom stereocenters. The van der Waals surface area contributed by atoms with Gasteiger partial charge in [-0.2, -0.15) is 0 Å². The second-order valence-corrected chi connectivity index (χ2v) is 3.70. The summed E-state index contributed by atoms with van der Waals surface area (Å²) in [5.41, 5.74) is -0.491. The Labute approximate surface area is 65.1 Å². The van der Waals surface area contributed by atoms with Gasteiger partial charge in [0.15, 0.2) is 5.41 Å². The average molecular weight is 164 g/mol. The van der Waals surface area contributed by atoms with E-state index in [9.17, 15) is 0 Å². The molecule has 0 aliphatic rings. The Balaban J connectivity index is 4.02. The number of ether oxygens (including phenoxy) is 3. The fraction of sp³-hybridized carbons (Fsp3) is 1.00. The first-order chi connectivity index (χ1) is 4.60. The van der Waals surface area contributed by atoms with Gasteiger partial charge >= 0.3 is 0 Å². The fourth-order valence-corrected chi connectivity index (χ4v) is 0.865. The van der Waals surface area contributed by atoms with Crippen molar-refractivity contribution in [1.29, 1.82) is 0 Å². The maximum atomic E-state index is 5.15. The van der Waals surface area contributed by atoms with Crippen molar-refractivity contribution in [1.82, 2.24) is 0 Å². The normalized spacial score (nSPS) is 15.6. The third-order valence-electron chi connectivity index (χ3n) is 1.90. The van der Waals surface area contributed by atoms with E-state index in [0.717, 1.165) is 10.2 Å². The molecule has 0 aliphatic carbocycles. The molecule has 4 heteroatoms. The predicted molar refractivity (Wildman–Crippen MR) is 43.2 cm³/mol. The highest BCUT2D eigenvalue weighted by Gasteiger charge is 2.29. The Morgan fingerprint density at radius 3 is 1.70 bits per heavy atom. The minimum Gasteiger partial charge on any atom is -0.377 e. The first kappa shape index (κ1) is 10.1. The van der Waals surface area contributed by atoms with E-state index in [1.807, 2.05) is 6.92 Å². The van der Waals surface area contributed by atoms with E-state index >= 15 is 0 Å². The molecular weight excluding hydrogens is 148 g/mol. The van der Waals surface area contributed by atoms with Gasteiger partial charge < -0.3 is 14.2 Å². The molecule has 0 spiro atoms. The van der Waals surface area contributed by atoms with Crippen molar-refractivity contribution in [3.8, 4) is 0 Å². The quantitative estimate of drug-likeness (QED) is 0.407. The summed E-state index contributed by atoms with van der Waals surface area (Å²) in [5, 5.41) is 0. The van der Waals surface area contributed by atoms with Crippen LogP contribution < -0.4 is 0 Å². The molecule has 0 unspecified atom stereocenters. The molecule has 3 nitrogen and oxygen atoms in total. The van der Waals surface area contributed by atoms with Gasteiger partial charge in [-0.25, -0.2) is 0 Å². The van der Waals surface area contributed by atoms with Gasteiger partial charge in [-0.05, 0) is 6.92 Å². The summed E-state index contributed by atoms with van der Waals surface area (Å²) in [6.45, 7) is 1.93. The average Bonchev–Trinajstić information content (AvgIpc) is 2.01. The maximum absolute atomic E-state index is 5.15. The van der Waals surface area contributed by atoms with Crippen LogP contribution in [0.4, 0.5) is 0 Å². The van der Waals surface area contributed by atoms with Crippen molar-refractivity contribution in [3.63, 3.8) is 0 Å². The highest BCUT2D eigenvalue weighted by Crippen LogP contribution is 2.13. The molecule has 0 radical (unpaired) electrons. The summed E-state index contributed by atoms with van der Waals surface area (Å²) in [6, 6.07) is 0. The van der Waals surface area contributed by atoms with Crippen molar-refractivity contribution < 1.29 is 14.2 Å². The van der Waals surface area contributed by atoms with Crippen LogP contribution in [0.25, 0.3) is 0 Å². The van der Waals surface area contributed by atoms with Crippen LogP contribution in [0.1, 0.15) is 6.92 Å². The van der Waals surface area contributed by atoms with Crippen LogP contribution >= 0.6 is 0 Å². The highest BCUT2D eigenvalue weighted by atomic mass is 28.1. The molecule has 62 valence electrons. The molecule has 0 aromatic carbocycles. The van der Waals surface area contributed by atoms with Crippen LogP contribution in [-0.2, 0) is 14.2 Å². The van der Waals surface area contributed by atoms with E-state index in [2.05, 4.69) is 0 Å². The SMILES string of the molecule is CO[C@H](C)C([SiH3])(OC)OC. The summed E-state index contributed by atoms with van der Waals surface area (Å²) in [5.74, 6) is 0. The summed E-state index contributed by atoms with van der Waals surface area (Å²) < 4.78 is 15.4. The molecule has 0 aromatic rings. The molecule has 0 amide bonds. The largest absolute Gasteiger partial charge is 0.377 e. The Morgan fingerprint density at radius 2 is 1.60 bits per heavy atom. The van der Waals surface area contributed by atoms with Gasteiger partial charge in [0.1, 0.15) is 6.10 Å². The zero-order chi connectivity index (χ0) is 8.20. The van der Waals surface area contributed by atoms with Gasteiger partial charge in [-0.3, -0.25) is 0 Å². The minimum absolute atomic E-state index is 0.00540. The van der Waals surface area contributed by atoms with Crippen LogP contribution in [-0.4, -0.2) is 43.1 Å². The second-order valence-electron chi connectivity index (χ2n) is 2.30. The van der Waals surface area contributed by atoms with Gasteiger partial charge in [0, 0.05) is 21.3 Å². The summed E-state index contributed by atoms with van der Waals surface area (Å²) in [7, 11) is 5.70. The van der Waals surface area contributed by atoms with Gasteiger partial charge in [0.25, 0.3) is 0 Å². The van der Waals surface area contributed by atoms with E-state index in [1.54, 1.807) is 21.3 Å². The Bertz CT molecular complexity index is 93.0. The molecular formula is C6H16O3Si. The fourth-order valence-electron chi connectivity index (χ4n) is 0.629. The van der Waals surface area contributed by atoms with E-state index < -0.39 is 5.41 Å². The third kappa shape index (κ3) is 2.05. The lowest BCUT2D eigenvalue weighted by Crippen LogP contribution is -2.45. The van der Waals surface area contributed by atoms with Crippen molar-refractivity contribution >= 4 is 10.2 Å². The van der Waals surface area contributed by atoms with Gasteiger partial charge in [0.05, 0.1) is 10.2 Å². The number of methoxy groups -OCH3 is 3. The van der Waals surface area contributed by atoms with E-state index in [0.29, 0.717) is 0 Å². The third-order valence-corrected chi connectivity index (χ3v) is 3.53. The van der Waals surface area contributed by atoms with Crippen LogP contribution in [0.5, 0.6) is 0 Å². The van der Waals surface area contributed by atoms with E-state index in [4.69, 9.17) is 14.2 Å². The second kappa shape index (κ2) is 4.08. The van der Waals surface area contributed by atoms with Crippen LogP contribution in [0.15, 0.2) is 0 Å². The highest BCUT2D eigenvalue weighted by molar-refractivity contribution is 6.13. The molecule has 10 heavy (non-hydrogen) atoms. The lowest BCUT2D eigenvalue weighted by Gasteiger charge is -2.31. The Hall–Kier alpha value is 0.0969. The first-order valence-electron chi connectivity index (χ1n) is 3.23. The standard InChI is InChI=1S/C6H16O3Si/c1-5(7-2)6(10,8-3)9-4/h5H,1-4,10H3/t5-/m1/s1. The lowest BCUT2D eigenvalue weighted by atomic mass is 10.4. The Morgan fingerprint density at radius 1 is 1.20 bits per heavy atom. The van der Waals surface area contributed by atoms with Gasteiger partial charge in [0.2, 0.25) is 0 Å². The molecule has 0 aliphatic heterocycles. The first-order valence-corrected chi connectivity index (χ1v) is 4.23. The molecule has 0 saturated heterocycles. The minimum atomic E-state index is -0.491. The van der Waals surface area contributed by atoms with Crippen LogP contribution in [0.2, 0.25) is 0 Å². The molecule has 0 saturated carbocycles. The summed E-state index contributed by atoms with van der Waals surface area (Å²) in [6.07, 6.45) is -0.00540. The molecule has 0 fully saturated rings.